The van der Waals surface area contributed by atoms with Crippen LogP contribution in [0.5, 0.6) is 0 Å². The molecule has 1 fully saturated rings. The molecule has 0 N–H and O–H groups in total. The minimum absolute atomic E-state index is 0.0682. The number of carbonyl (C=O) groups is 3. The number of carbonyl (C=O) groups excluding carboxylic acids is 3. The van der Waals surface area contributed by atoms with Gasteiger partial charge < -0.3 is 4.52 Å². The van der Waals surface area contributed by atoms with E-state index in [9.17, 15) is 14.4 Å². The van der Waals surface area contributed by atoms with Crippen molar-refractivity contribution in [3.05, 3.63) is 82.1 Å². The molecule has 2 heterocycles. The number of halogens is 1. The van der Waals surface area contributed by atoms with E-state index >= 15 is 0 Å². The van der Waals surface area contributed by atoms with Gasteiger partial charge in [0.2, 0.25) is 5.78 Å². The number of hydrogen-bond donors (Lipinski definition) is 0. The Balaban J connectivity index is 1.83. The van der Waals surface area contributed by atoms with Gasteiger partial charge in [-0.2, -0.15) is 0 Å². The lowest BCUT2D eigenvalue weighted by Crippen LogP contribution is -2.31. The molecule has 1 aromatic heterocycles. The molecular formula is C25H23ClN2O4. The maximum atomic E-state index is 13.4. The first-order valence-electron chi connectivity index (χ1n) is 10.3. The van der Waals surface area contributed by atoms with Crippen molar-refractivity contribution in [2.45, 2.75) is 39.2 Å². The van der Waals surface area contributed by atoms with Gasteiger partial charge in [0.25, 0.3) is 5.91 Å². The van der Waals surface area contributed by atoms with Crippen molar-refractivity contribution in [2.24, 2.45) is 5.92 Å². The van der Waals surface area contributed by atoms with Crippen LogP contribution in [0.3, 0.4) is 0 Å². The van der Waals surface area contributed by atoms with E-state index in [4.69, 9.17) is 16.1 Å². The van der Waals surface area contributed by atoms with Gasteiger partial charge in [-0.05, 0) is 47.7 Å². The number of rotatable bonds is 4. The van der Waals surface area contributed by atoms with Gasteiger partial charge >= 0.3 is 0 Å². The predicted molar refractivity (Wildman–Crippen MR) is 121 cm³/mol. The highest BCUT2D eigenvalue weighted by Crippen LogP contribution is 2.41. The number of ketones is 2. The van der Waals surface area contributed by atoms with E-state index in [1.807, 2.05) is 24.3 Å². The van der Waals surface area contributed by atoms with Crippen molar-refractivity contribution in [3.8, 4) is 0 Å². The first-order valence-corrected chi connectivity index (χ1v) is 10.7. The number of nitrogens with zero attached hydrogens (tertiary/aromatic N) is 2. The van der Waals surface area contributed by atoms with Crippen LogP contribution < -0.4 is 4.90 Å². The van der Waals surface area contributed by atoms with Crippen molar-refractivity contribution in [2.75, 3.05) is 4.90 Å². The van der Waals surface area contributed by atoms with Crippen LogP contribution in [0.1, 0.15) is 54.1 Å². The van der Waals surface area contributed by atoms with Gasteiger partial charge in [-0.25, -0.2) is 0 Å². The molecular weight excluding hydrogens is 428 g/mol. The molecule has 32 heavy (non-hydrogen) atoms. The average molecular weight is 451 g/mol. The fraction of sp³-hybridized carbons (Fsp3) is 0.280. The second-order valence-electron chi connectivity index (χ2n) is 9.00. The molecule has 0 spiro atoms. The molecule has 0 bridgehead atoms. The molecule has 3 aromatic rings. The summed E-state index contributed by atoms with van der Waals surface area (Å²) in [6, 6.07) is 14.7. The molecule has 1 amide bonds. The summed E-state index contributed by atoms with van der Waals surface area (Å²) in [6.07, 6.45) is 0. The van der Waals surface area contributed by atoms with Gasteiger partial charge in [0, 0.05) is 16.7 Å². The zero-order chi connectivity index (χ0) is 23.2. The Hall–Kier alpha value is -3.25. The van der Waals surface area contributed by atoms with E-state index < -0.39 is 29.4 Å². The van der Waals surface area contributed by atoms with Crippen molar-refractivity contribution < 1.29 is 18.9 Å². The predicted octanol–water partition coefficient (Wildman–Crippen LogP) is 5.09. The van der Waals surface area contributed by atoms with E-state index in [0.29, 0.717) is 21.9 Å². The maximum Gasteiger partial charge on any atom is 0.297 e. The molecule has 1 aliphatic rings. The fourth-order valence-corrected chi connectivity index (χ4v) is 4.09. The SMILES string of the molecule is Cc1cc(N2C(=O)C(=O)C(C(=O)c3ccc(Cl)cc3)C2c2ccc(C(C)(C)C)cc2)no1. The summed E-state index contributed by atoms with van der Waals surface area (Å²) >= 11 is 5.95. The van der Waals surface area contributed by atoms with Gasteiger partial charge in [0.1, 0.15) is 11.7 Å². The van der Waals surface area contributed by atoms with Gasteiger partial charge in [-0.1, -0.05) is 61.8 Å². The zero-order valence-corrected chi connectivity index (χ0v) is 19.0. The highest BCUT2D eigenvalue weighted by atomic mass is 35.5. The third-order valence-corrected chi connectivity index (χ3v) is 5.95. The number of hydrogen-bond acceptors (Lipinski definition) is 5. The van der Waals surface area contributed by atoms with Crippen LogP contribution in [0.15, 0.2) is 59.1 Å². The van der Waals surface area contributed by atoms with Crippen LogP contribution >= 0.6 is 11.6 Å². The Morgan fingerprint density at radius 2 is 1.66 bits per heavy atom. The minimum atomic E-state index is -1.21. The van der Waals surface area contributed by atoms with Gasteiger partial charge in [0.05, 0.1) is 6.04 Å². The third-order valence-electron chi connectivity index (χ3n) is 5.70. The van der Waals surface area contributed by atoms with Crippen molar-refractivity contribution in [3.63, 3.8) is 0 Å². The fourth-order valence-electron chi connectivity index (χ4n) is 3.96. The number of aromatic nitrogens is 1. The van der Waals surface area contributed by atoms with E-state index in [1.165, 1.54) is 4.90 Å². The van der Waals surface area contributed by atoms with Crippen LogP contribution in [0.2, 0.25) is 5.02 Å². The molecule has 1 saturated heterocycles. The smallest absolute Gasteiger partial charge is 0.297 e. The molecule has 4 rings (SSSR count). The molecule has 7 heteroatoms. The molecule has 0 radical (unpaired) electrons. The highest BCUT2D eigenvalue weighted by molar-refractivity contribution is 6.48. The van der Waals surface area contributed by atoms with Crippen LogP contribution in [0.4, 0.5) is 5.82 Å². The van der Waals surface area contributed by atoms with Crippen LogP contribution in [0.25, 0.3) is 0 Å². The zero-order valence-electron chi connectivity index (χ0n) is 18.3. The number of amides is 1. The van der Waals surface area contributed by atoms with Crippen molar-refractivity contribution in [1.82, 2.24) is 5.16 Å². The molecule has 164 valence electrons. The Kier molecular flexibility index (Phi) is 5.51. The van der Waals surface area contributed by atoms with Gasteiger partial charge in [-0.15, -0.1) is 0 Å². The average Bonchev–Trinajstić information content (AvgIpc) is 3.28. The summed E-state index contributed by atoms with van der Waals surface area (Å²) < 4.78 is 5.15. The number of benzene rings is 2. The standard InChI is InChI=1S/C25H23ClN2O4/c1-14-13-19(27-32-14)28-21(15-5-9-17(10-6-15)25(2,3)4)20(23(30)24(28)31)22(29)16-7-11-18(26)12-8-16/h5-13,20-21H,1-4H3. The first-order chi connectivity index (χ1) is 15.1. The van der Waals surface area contributed by atoms with E-state index in [2.05, 4.69) is 25.9 Å². The molecule has 2 unspecified atom stereocenters. The lowest BCUT2D eigenvalue weighted by molar-refractivity contribution is -0.135. The Morgan fingerprint density at radius 1 is 1.03 bits per heavy atom. The normalized spacial score (nSPS) is 19.0. The third kappa shape index (κ3) is 3.86. The summed E-state index contributed by atoms with van der Waals surface area (Å²) in [5, 5.41) is 4.42. The Labute approximate surface area is 191 Å². The molecule has 0 saturated carbocycles. The van der Waals surface area contributed by atoms with Crippen molar-refractivity contribution in [1.29, 1.82) is 0 Å². The maximum absolute atomic E-state index is 13.4. The summed E-state index contributed by atoms with van der Waals surface area (Å²) in [4.78, 5) is 40.8. The quantitative estimate of drug-likeness (QED) is 0.314. The van der Waals surface area contributed by atoms with Crippen LogP contribution in [0, 0.1) is 12.8 Å². The lowest BCUT2D eigenvalue weighted by Gasteiger charge is -2.26. The Morgan fingerprint density at radius 3 is 2.19 bits per heavy atom. The van der Waals surface area contributed by atoms with E-state index in [-0.39, 0.29) is 11.2 Å². The molecule has 2 atom stereocenters. The molecule has 2 aromatic carbocycles. The number of aryl methyl sites for hydroxylation is 1. The Bertz CT molecular complexity index is 1190. The highest BCUT2D eigenvalue weighted by Gasteiger charge is 2.53. The summed E-state index contributed by atoms with van der Waals surface area (Å²) in [5.41, 5.74) is 2.02. The van der Waals surface area contributed by atoms with E-state index in [1.54, 1.807) is 37.3 Å². The second-order valence-corrected chi connectivity index (χ2v) is 9.44. The first kappa shape index (κ1) is 22.0. The minimum Gasteiger partial charge on any atom is -0.360 e. The van der Waals surface area contributed by atoms with Gasteiger partial charge in [0.15, 0.2) is 11.6 Å². The largest absolute Gasteiger partial charge is 0.360 e. The molecule has 1 aliphatic heterocycles. The summed E-state index contributed by atoms with van der Waals surface area (Å²) in [5.74, 6) is -2.49. The monoisotopic (exact) mass is 450 g/mol. The van der Waals surface area contributed by atoms with Crippen molar-refractivity contribution >= 4 is 34.9 Å². The summed E-state index contributed by atoms with van der Waals surface area (Å²) in [7, 11) is 0. The lowest BCUT2D eigenvalue weighted by atomic mass is 9.83. The molecule has 6 nitrogen and oxygen atoms in total. The second kappa shape index (κ2) is 8.02. The summed E-state index contributed by atoms with van der Waals surface area (Å²) in [6.45, 7) is 7.99. The van der Waals surface area contributed by atoms with Crippen LogP contribution in [-0.4, -0.2) is 22.6 Å². The number of anilines is 1. The molecule has 0 aliphatic carbocycles. The topological polar surface area (TPSA) is 80.5 Å². The van der Waals surface area contributed by atoms with Gasteiger partial charge in [-0.3, -0.25) is 19.3 Å². The van der Waals surface area contributed by atoms with Crippen LogP contribution in [-0.2, 0) is 15.0 Å². The van der Waals surface area contributed by atoms with E-state index in [0.717, 1.165) is 5.56 Å². The number of Topliss-reactive ketones (excluding diaryl/α,β-unsaturated/α-hetero) is 2.